The van der Waals surface area contributed by atoms with Crippen LogP contribution >= 0.6 is 11.6 Å². The summed E-state index contributed by atoms with van der Waals surface area (Å²) in [4.78, 5) is 0. The average Bonchev–Trinajstić information content (AvgIpc) is 1.86. The zero-order valence-electron chi connectivity index (χ0n) is 7.98. The highest BCUT2D eigenvalue weighted by Crippen LogP contribution is 2.27. The van der Waals surface area contributed by atoms with Gasteiger partial charge in [-0.3, -0.25) is 0 Å². The molecule has 0 aliphatic heterocycles. The first-order valence-electron chi connectivity index (χ1n) is 4.10. The topological polar surface area (TPSA) is 9.23 Å². The second-order valence-corrected chi connectivity index (χ2v) is 4.23. The van der Waals surface area contributed by atoms with Gasteiger partial charge in [-0.05, 0) is 25.2 Å². The highest BCUT2D eigenvalue weighted by molar-refractivity contribution is 6.17. The van der Waals surface area contributed by atoms with Crippen LogP contribution in [0.3, 0.4) is 0 Å². The highest BCUT2D eigenvalue weighted by atomic mass is 35.5. The summed E-state index contributed by atoms with van der Waals surface area (Å²) in [7, 11) is 1.75. The first-order chi connectivity index (χ1) is 5.02. The maximum atomic E-state index is 5.67. The second-order valence-electron chi connectivity index (χ2n) is 3.85. The molecule has 1 nitrogen and oxygen atoms in total. The molecule has 0 spiro atoms. The van der Waals surface area contributed by atoms with Crippen molar-refractivity contribution in [2.45, 2.75) is 39.7 Å². The predicted molar refractivity (Wildman–Crippen MR) is 50.2 cm³/mol. The van der Waals surface area contributed by atoms with Gasteiger partial charge in [-0.2, -0.15) is 0 Å². The van der Waals surface area contributed by atoms with E-state index in [4.69, 9.17) is 16.3 Å². The van der Waals surface area contributed by atoms with E-state index in [1.54, 1.807) is 7.11 Å². The third-order valence-electron chi connectivity index (χ3n) is 2.01. The van der Waals surface area contributed by atoms with Crippen molar-refractivity contribution in [1.29, 1.82) is 0 Å². The number of halogens is 1. The smallest absolute Gasteiger partial charge is 0.0548 e. The molecule has 2 heteroatoms. The number of rotatable bonds is 5. The van der Waals surface area contributed by atoms with Gasteiger partial charge >= 0.3 is 0 Å². The van der Waals surface area contributed by atoms with E-state index in [0.29, 0.717) is 11.5 Å². The first-order valence-corrected chi connectivity index (χ1v) is 4.64. The molecule has 0 aromatic heterocycles. The van der Waals surface area contributed by atoms with Crippen LogP contribution < -0.4 is 0 Å². The Hall–Kier alpha value is 0.250. The lowest BCUT2D eigenvalue weighted by Gasteiger charge is -2.26. The van der Waals surface area contributed by atoms with Gasteiger partial charge < -0.3 is 4.74 Å². The van der Waals surface area contributed by atoms with E-state index in [1.165, 1.54) is 0 Å². The summed E-state index contributed by atoms with van der Waals surface area (Å²) in [5.41, 5.74) is 0.317. The fourth-order valence-electron chi connectivity index (χ4n) is 1.22. The van der Waals surface area contributed by atoms with Crippen LogP contribution in [0.5, 0.6) is 0 Å². The molecular formula is C9H19ClO. The standard InChI is InChI=1S/C9H19ClO/c1-8(11-4)7-9(2,3)5-6-10/h8H,5-7H2,1-4H3. The Balaban J connectivity index is 3.70. The van der Waals surface area contributed by atoms with Gasteiger partial charge in [0.2, 0.25) is 0 Å². The molecule has 0 aliphatic rings. The Kier molecular flexibility index (Phi) is 5.11. The number of hydrogen-bond acceptors (Lipinski definition) is 1. The van der Waals surface area contributed by atoms with Gasteiger partial charge in [-0.1, -0.05) is 13.8 Å². The molecule has 0 amide bonds. The van der Waals surface area contributed by atoms with Crippen molar-refractivity contribution in [3.8, 4) is 0 Å². The Morgan fingerprint density at radius 2 is 2.00 bits per heavy atom. The van der Waals surface area contributed by atoms with E-state index in [-0.39, 0.29) is 0 Å². The van der Waals surface area contributed by atoms with Crippen LogP contribution in [0.15, 0.2) is 0 Å². The van der Waals surface area contributed by atoms with Gasteiger partial charge in [0.1, 0.15) is 0 Å². The summed E-state index contributed by atoms with van der Waals surface area (Å²) in [6.45, 7) is 6.55. The minimum atomic E-state index is 0.317. The molecule has 1 atom stereocenters. The van der Waals surface area contributed by atoms with E-state index in [0.717, 1.165) is 18.7 Å². The van der Waals surface area contributed by atoms with E-state index < -0.39 is 0 Å². The molecule has 0 saturated heterocycles. The summed E-state index contributed by atoms with van der Waals surface area (Å²) in [5.74, 6) is 0.740. The molecule has 68 valence electrons. The molecular weight excluding hydrogens is 160 g/mol. The van der Waals surface area contributed by atoms with E-state index in [2.05, 4.69) is 20.8 Å². The second kappa shape index (κ2) is 5.00. The van der Waals surface area contributed by atoms with Crippen LogP contribution in [0.25, 0.3) is 0 Å². The molecule has 1 unspecified atom stereocenters. The van der Waals surface area contributed by atoms with Crippen LogP contribution in [0.4, 0.5) is 0 Å². The first kappa shape index (κ1) is 11.2. The number of hydrogen-bond donors (Lipinski definition) is 0. The molecule has 11 heavy (non-hydrogen) atoms. The van der Waals surface area contributed by atoms with Crippen LogP contribution in [-0.4, -0.2) is 19.1 Å². The Morgan fingerprint density at radius 1 is 1.45 bits per heavy atom. The Morgan fingerprint density at radius 3 is 2.36 bits per heavy atom. The normalized spacial score (nSPS) is 15.0. The highest BCUT2D eigenvalue weighted by Gasteiger charge is 2.19. The summed E-state index contributed by atoms with van der Waals surface area (Å²) in [6, 6.07) is 0. The maximum absolute atomic E-state index is 5.67. The zero-order chi connectivity index (χ0) is 8.91. The molecule has 0 bridgehead atoms. The molecule has 0 aliphatic carbocycles. The quantitative estimate of drug-likeness (QED) is 0.588. The Labute approximate surface area is 75.1 Å². The van der Waals surface area contributed by atoms with Gasteiger partial charge in [-0.25, -0.2) is 0 Å². The average molecular weight is 179 g/mol. The monoisotopic (exact) mass is 178 g/mol. The lowest BCUT2D eigenvalue weighted by molar-refractivity contribution is 0.0745. The van der Waals surface area contributed by atoms with Crippen molar-refractivity contribution >= 4 is 11.6 Å². The van der Waals surface area contributed by atoms with E-state index in [1.807, 2.05) is 0 Å². The molecule has 0 N–H and O–H groups in total. The van der Waals surface area contributed by atoms with Crippen molar-refractivity contribution in [2.24, 2.45) is 5.41 Å². The van der Waals surface area contributed by atoms with Crippen molar-refractivity contribution < 1.29 is 4.74 Å². The summed E-state index contributed by atoms with van der Waals surface area (Å²) >= 11 is 5.67. The maximum Gasteiger partial charge on any atom is 0.0548 e. The van der Waals surface area contributed by atoms with Gasteiger partial charge in [0, 0.05) is 13.0 Å². The summed E-state index contributed by atoms with van der Waals surface area (Å²) in [6.07, 6.45) is 2.48. The minimum Gasteiger partial charge on any atom is -0.382 e. The molecule has 0 rings (SSSR count). The van der Waals surface area contributed by atoms with Crippen LogP contribution in [0.1, 0.15) is 33.6 Å². The van der Waals surface area contributed by atoms with Crippen LogP contribution in [0, 0.1) is 5.41 Å². The molecule has 0 saturated carbocycles. The van der Waals surface area contributed by atoms with Crippen molar-refractivity contribution in [2.75, 3.05) is 13.0 Å². The van der Waals surface area contributed by atoms with Gasteiger partial charge in [0.05, 0.1) is 6.10 Å². The van der Waals surface area contributed by atoms with E-state index in [9.17, 15) is 0 Å². The molecule has 0 fully saturated rings. The third-order valence-corrected chi connectivity index (χ3v) is 2.20. The van der Waals surface area contributed by atoms with Crippen molar-refractivity contribution in [1.82, 2.24) is 0 Å². The number of methoxy groups -OCH3 is 1. The zero-order valence-corrected chi connectivity index (χ0v) is 8.74. The summed E-state index contributed by atoms with van der Waals surface area (Å²) in [5, 5.41) is 0. The number of ether oxygens (including phenoxy) is 1. The third kappa shape index (κ3) is 5.51. The molecule has 0 heterocycles. The predicted octanol–water partition coefficient (Wildman–Crippen LogP) is 3.07. The Bertz CT molecular complexity index is 102. The lowest BCUT2D eigenvalue weighted by Crippen LogP contribution is -2.20. The molecule has 0 radical (unpaired) electrons. The summed E-state index contributed by atoms with van der Waals surface area (Å²) < 4.78 is 5.19. The van der Waals surface area contributed by atoms with Crippen LogP contribution in [0.2, 0.25) is 0 Å². The van der Waals surface area contributed by atoms with Crippen molar-refractivity contribution in [3.63, 3.8) is 0 Å². The molecule has 0 aromatic carbocycles. The minimum absolute atomic E-state index is 0.317. The van der Waals surface area contributed by atoms with Gasteiger partial charge in [-0.15, -0.1) is 11.6 Å². The number of alkyl halides is 1. The fraction of sp³-hybridized carbons (Fsp3) is 1.00. The van der Waals surface area contributed by atoms with Crippen molar-refractivity contribution in [3.05, 3.63) is 0 Å². The SMILES string of the molecule is COC(C)CC(C)(C)CCCl. The largest absolute Gasteiger partial charge is 0.382 e. The van der Waals surface area contributed by atoms with Gasteiger partial charge in [0.15, 0.2) is 0 Å². The fourth-order valence-corrected chi connectivity index (χ4v) is 1.73. The van der Waals surface area contributed by atoms with Gasteiger partial charge in [0.25, 0.3) is 0 Å². The lowest BCUT2D eigenvalue weighted by atomic mass is 9.84. The van der Waals surface area contributed by atoms with Crippen LogP contribution in [-0.2, 0) is 4.74 Å². The van der Waals surface area contributed by atoms with E-state index >= 15 is 0 Å². The molecule has 0 aromatic rings.